The fraction of sp³-hybridized carbons (Fsp3) is 0.667. The third kappa shape index (κ3) is 2.21. The van der Waals surface area contributed by atoms with Gasteiger partial charge in [0.05, 0.1) is 0 Å². The molecule has 0 radical (unpaired) electrons. The summed E-state index contributed by atoms with van der Waals surface area (Å²) in [6, 6.07) is 0.194. The molecular weight excluding hydrogens is 166 g/mol. The van der Waals surface area contributed by atoms with Crippen molar-refractivity contribution in [3.63, 3.8) is 0 Å². The van der Waals surface area contributed by atoms with E-state index in [1.807, 2.05) is 13.8 Å². The predicted octanol–water partition coefficient (Wildman–Crippen LogP) is 0.649. The maximum Gasteiger partial charge on any atom is 0.269 e. The standard InChI is InChI=1S/C9H17N3O/c1-7(2)12-9(13)8(6-11-12)4-3-5-10/h6-7,11H,3-5,10H2,1-2H3. The topological polar surface area (TPSA) is 63.8 Å². The lowest BCUT2D eigenvalue weighted by Gasteiger charge is -2.03. The number of rotatable bonds is 4. The van der Waals surface area contributed by atoms with Gasteiger partial charge in [-0.15, -0.1) is 0 Å². The number of nitrogens with one attached hydrogen (secondary N) is 1. The average molecular weight is 183 g/mol. The van der Waals surface area contributed by atoms with Crippen LogP contribution in [0.5, 0.6) is 0 Å². The van der Waals surface area contributed by atoms with Gasteiger partial charge in [0.15, 0.2) is 0 Å². The van der Waals surface area contributed by atoms with Crippen molar-refractivity contribution in [2.75, 3.05) is 6.54 Å². The number of aryl methyl sites for hydroxylation is 1. The zero-order valence-corrected chi connectivity index (χ0v) is 8.21. The Morgan fingerprint density at radius 3 is 2.77 bits per heavy atom. The molecule has 0 unspecified atom stereocenters. The van der Waals surface area contributed by atoms with Gasteiger partial charge in [0, 0.05) is 17.8 Å². The lowest BCUT2D eigenvalue weighted by atomic mass is 10.2. The van der Waals surface area contributed by atoms with E-state index in [0.717, 1.165) is 18.4 Å². The summed E-state index contributed by atoms with van der Waals surface area (Å²) in [5, 5.41) is 2.95. The van der Waals surface area contributed by atoms with Crippen LogP contribution in [0.3, 0.4) is 0 Å². The first-order valence-electron chi connectivity index (χ1n) is 4.65. The fourth-order valence-corrected chi connectivity index (χ4v) is 1.28. The van der Waals surface area contributed by atoms with E-state index in [-0.39, 0.29) is 11.6 Å². The van der Waals surface area contributed by atoms with E-state index in [1.54, 1.807) is 10.9 Å². The van der Waals surface area contributed by atoms with Gasteiger partial charge in [-0.2, -0.15) is 0 Å². The normalized spacial score (nSPS) is 11.1. The third-order valence-corrected chi connectivity index (χ3v) is 2.04. The molecule has 0 amide bonds. The van der Waals surface area contributed by atoms with Crippen LogP contribution in [-0.2, 0) is 6.42 Å². The van der Waals surface area contributed by atoms with Crippen LogP contribution in [-0.4, -0.2) is 16.3 Å². The minimum absolute atomic E-state index is 0.0865. The van der Waals surface area contributed by atoms with E-state index in [9.17, 15) is 4.79 Å². The Balaban J connectivity index is 2.81. The molecule has 0 saturated carbocycles. The third-order valence-electron chi connectivity index (χ3n) is 2.04. The van der Waals surface area contributed by atoms with Gasteiger partial charge < -0.3 is 10.8 Å². The number of nitrogens with zero attached hydrogens (tertiary/aromatic N) is 1. The van der Waals surface area contributed by atoms with Crippen molar-refractivity contribution in [1.29, 1.82) is 0 Å². The Morgan fingerprint density at radius 1 is 1.62 bits per heavy atom. The second-order valence-corrected chi connectivity index (χ2v) is 3.46. The van der Waals surface area contributed by atoms with Crippen LogP contribution in [0.2, 0.25) is 0 Å². The highest BCUT2D eigenvalue weighted by Crippen LogP contribution is 2.00. The number of hydrogen-bond donors (Lipinski definition) is 2. The molecule has 4 nitrogen and oxygen atoms in total. The molecule has 0 aliphatic heterocycles. The van der Waals surface area contributed by atoms with Crippen LogP contribution in [0, 0.1) is 0 Å². The van der Waals surface area contributed by atoms with Crippen molar-refractivity contribution in [1.82, 2.24) is 9.78 Å². The van der Waals surface area contributed by atoms with Crippen molar-refractivity contribution < 1.29 is 0 Å². The molecule has 0 bridgehead atoms. The van der Waals surface area contributed by atoms with Crippen molar-refractivity contribution in [3.8, 4) is 0 Å². The molecule has 0 saturated heterocycles. The predicted molar refractivity (Wildman–Crippen MR) is 52.8 cm³/mol. The Kier molecular flexibility index (Phi) is 3.31. The van der Waals surface area contributed by atoms with E-state index in [0.29, 0.717) is 6.54 Å². The fourth-order valence-electron chi connectivity index (χ4n) is 1.28. The summed E-state index contributed by atoms with van der Waals surface area (Å²) in [7, 11) is 0. The first kappa shape index (κ1) is 10.1. The van der Waals surface area contributed by atoms with Gasteiger partial charge in [-0.25, -0.2) is 0 Å². The first-order valence-corrected chi connectivity index (χ1v) is 4.65. The van der Waals surface area contributed by atoms with E-state index in [1.165, 1.54) is 0 Å². The van der Waals surface area contributed by atoms with E-state index < -0.39 is 0 Å². The molecule has 3 N–H and O–H groups in total. The number of hydrogen-bond acceptors (Lipinski definition) is 2. The molecule has 1 aromatic heterocycles. The molecule has 0 fully saturated rings. The van der Waals surface area contributed by atoms with Gasteiger partial charge >= 0.3 is 0 Å². The largest absolute Gasteiger partial charge is 0.330 e. The molecule has 0 spiro atoms. The molecule has 4 heteroatoms. The summed E-state index contributed by atoms with van der Waals surface area (Å²) < 4.78 is 1.63. The summed E-state index contributed by atoms with van der Waals surface area (Å²) in [4.78, 5) is 11.6. The zero-order chi connectivity index (χ0) is 9.84. The lowest BCUT2D eigenvalue weighted by Crippen LogP contribution is -2.21. The van der Waals surface area contributed by atoms with Gasteiger partial charge in [-0.3, -0.25) is 9.48 Å². The highest BCUT2D eigenvalue weighted by atomic mass is 16.1. The molecule has 74 valence electrons. The minimum atomic E-state index is 0.0865. The highest BCUT2D eigenvalue weighted by molar-refractivity contribution is 5.05. The summed E-state index contributed by atoms with van der Waals surface area (Å²) in [6.07, 6.45) is 3.41. The second kappa shape index (κ2) is 4.28. The van der Waals surface area contributed by atoms with Gasteiger partial charge in [0.2, 0.25) is 0 Å². The quantitative estimate of drug-likeness (QED) is 0.719. The number of aromatic nitrogens is 2. The molecule has 1 aromatic rings. The monoisotopic (exact) mass is 183 g/mol. The van der Waals surface area contributed by atoms with Crippen LogP contribution in [0.25, 0.3) is 0 Å². The van der Waals surface area contributed by atoms with Gasteiger partial charge in [-0.05, 0) is 33.2 Å². The van der Waals surface area contributed by atoms with E-state index >= 15 is 0 Å². The highest BCUT2D eigenvalue weighted by Gasteiger charge is 2.07. The number of H-pyrrole nitrogens is 1. The smallest absolute Gasteiger partial charge is 0.269 e. The first-order chi connectivity index (χ1) is 6.16. The van der Waals surface area contributed by atoms with Crippen LogP contribution in [0.4, 0.5) is 0 Å². The molecule has 1 rings (SSSR count). The Bertz CT molecular complexity index is 311. The van der Waals surface area contributed by atoms with Gasteiger partial charge in [0.1, 0.15) is 0 Å². The summed E-state index contributed by atoms with van der Waals surface area (Å²) >= 11 is 0. The minimum Gasteiger partial charge on any atom is -0.330 e. The summed E-state index contributed by atoms with van der Waals surface area (Å²) in [6.45, 7) is 4.58. The maximum atomic E-state index is 11.6. The molecule has 0 aliphatic carbocycles. The average Bonchev–Trinajstić information content (AvgIpc) is 2.43. The maximum absolute atomic E-state index is 11.6. The molecule has 0 atom stereocenters. The van der Waals surface area contributed by atoms with Gasteiger partial charge in [-0.1, -0.05) is 0 Å². The molecule has 0 aromatic carbocycles. The van der Waals surface area contributed by atoms with Crippen molar-refractivity contribution in [2.45, 2.75) is 32.7 Å². The van der Waals surface area contributed by atoms with Gasteiger partial charge in [0.25, 0.3) is 5.56 Å². The lowest BCUT2D eigenvalue weighted by molar-refractivity contribution is 0.516. The van der Waals surface area contributed by atoms with Crippen LogP contribution >= 0.6 is 0 Å². The van der Waals surface area contributed by atoms with Crippen LogP contribution in [0.15, 0.2) is 11.0 Å². The summed E-state index contributed by atoms with van der Waals surface area (Å²) in [5.41, 5.74) is 6.29. The van der Waals surface area contributed by atoms with E-state index in [4.69, 9.17) is 5.73 Å². The Labute approximate surface area is 77.7 Å². The number of aromatic amines is 1. The SMILES string of the molecule is CC(C)n1[nH]cc(CCCN)c1=O. The second-order valence-electron chi connectivity index (χ2n) is 3.46. The van der Waals surface area contributed by atoms with Crippen LogP contribution < -0.4 is 11.3 Å². The van der Waals surface area contributed by atoms with Crippen LogP contribution in [0.1, 0.15) is 31.9 Å². The van der Waals surface area contributed by atoms with Crippen molar-refractivity contribution in [3.05, 3.63) is 22.1 Å². The summed E-state index contributed by atoms with van der Waals surface area (Å²) in [5.74, 6) is 0. The molecule has 0 aliphatic rings. The Hall–Kier alpha value is -1.03. The molecule has 1 heterocycles. The zero-order valence-electron chi connectivity index (χ0n) is 8.21. The molecule has 13 heavy (non-hydrogen) atoms. The Morgan fingerprint density at radius 2 is 2.31 bits per heavy atom. The van der Waals surface area contributed by atoms with Crippen molar-refractivity contribution >= 4 is 0 Å². The number of nitrogens with two attached hydrogens (primary N) is 1. The van der Waals surface area contributed by atoms with E-state index in [2.05, 4.69) is 5.10 Å². The van der Waals surface area contributed by atoms with Crippen molar-refractivity contribution in [2.24, 2.45) is 5.73 Å². The molecular formula is C9H17N3O.